The molecule has 88 valence electrons. The van der Waals surface area contributed by atoms with Gasteiger partial charge in [0.15, 0.2) is 0 Å². The van der Waals surface area contributed by atoms with Gasteiger partial charge in [-0.1, -0.05) is 18.2 Å². The van der Waals surface area contributed by atoms with E-state index < -0.39 is 11.5 Å². The van der Waals surface area contributed by atoms with Gasteiger partial charge in [0.1, 0.15) is 5.60 Å². The molecule has 0 radical (unpaired) electrons. The van der Waals surface area contributed by atoms with E-state index in [-0.39, 0.29) is 5.56 Å². The van der Waals surface area contributed by atoms with Gasteiger partial charge >= 0.3 is 5.92 Å². The van der Waals surface area contributed by atoms with Gasteiger partial charge in [-0.2, -0.15) is 8.78 Å². The molecule has 16 heavy (non-hydrogen) atoms. The van der Waals surface area contributed by atoms with Gasteiger partial charge in [-0.3, -0.25) is 0 Å². The molecule has 0 aliphatic heterocycles. The van der Waals surface area contributed by atoms with Crippen LogP contribution in [-0.4, -0.2) is 10.7 Å². The number of aryl methyl sites for hydroxylation is 1. The van der Waals surface area contributed by atoms with E-state index >= 15 is 0 Å². The van der Waals surface area contributed by atoms with Crippen molar-refractivity contribution in [3.8, 4) is 0 Å². The average molecular weight is 226 g/mol. The van der Waals surface area contributed by atoms with E-state index in [0.717, 1.165) is 37.8 Å². The van der Waals surface area contributed by atoms with Crippen molar-refractivity contribution in [1.29, 1.82) is 0 Å². The molecule has 0 heterocycles. The third-order valence-electron chi connectivity index (χ3n) is 3.25. The molecule has 0 atom stereocenters. The summed E-state index contributed by atoms with van der Waals surface area (Å²) in [7, 11) is 0. The Bertz CT molecular complexity index is 405. The number of fused-ring (bicyclic) bond motifs is 1. The molecule has 0 saturated heterocycles. The fourth-order valence-electron chi connectivity index (χ4n) is 2.24. The van der Waals surface area contributed by atoms with Crippen LogP contribution in [0.1, 0.15) is 37.0 Å². The lowest BCUT2D eigenvalue weighted by atomic mass is 9.89. The Morgan fingerprint density at radius 3 is 2.50 bits per heavy atom. The second-order valence-corrected chi connectivity index (χ2v) is 4.93. The Morgan fingerprint density at radius 1 is 1.19 bits per heavy atom. The van der Waals surface area contributed by atoms with Crippen molar-refractivity contribution in [3.05, 3.63) is 34.9 Å². The summed E-state index contributed by atoms with van der Waals surface area (Å²) >= 11 is 0. The smallest absolute Gasteiger partial charge is 0.300 e. The summed E-state index contributed by atoms with van der Waals surface area (Å²) in [5.41, 5.74) is -0.295. The SMILES string of the molecule is CC(C)(O)C(F)(F)c1cccc2c1CCC2. The number of halogens is 2. The third kappa shape index (κ3) is 1.63. The molecule has 1 aliphatic rings. The van der Waals surface area contributed by atoms with Gasteiger partial charge in [0.2, 0.25) is 0 Å². The van der Waals surface area contributed by atoms with Gasteiger partial charge in [0.05, 0.1) is 0 Å². The topological polar surface area (TPSA) is 20.2 Å². The Hall–Kier alpha value is -0.960. The van der Waals surface area contributed by atoms with Crippen LogP contribution in [0.5, 0.6) is 0 Å². The zero-order chi connectivity index (χ0) is 12.0. The first-order valence-corrected chi connectivity index (χ1v) is 5.55. The molecule has 2 rings (SSSR count). The van der Waals surface area contributed by atoms with Crippen molar-refractivity contribution in [2.75, 3.05) is 0 Å². The number of hydrogen-bond acceptors (Lipinski definition) is 1. The minimum atomic E-state index is -3.19. The highest BCUT2D eigenvalue weighted by Crippen LogP contribution is 2.42. The Kier molecular flexibility index (Phi) is 2.54. The number of aliphatic hydroxyl groups is 1. The van der Waals surface area contributed by atoms with Gasteiger partial charge in [-0.05, 0) is 44.2 Å². The molecule has 0 bridgehead atoms. The van der Waals surface area contributed by atoms with E-state index in [4.69, 9.17) is 0 Å². The molecule has 0 spiro atoms. The molecule has 0 aromatic heterocycles. The molecular weight excluding hydrogens is 210 g/mol. The van der Waals surface area contributed by atoms with Crippen molar-refractivity contribution in [2.45, 2.75) is 44.6 Å². The molecular formula is C13H16F2O. The van der Waals surface area contributed by atoms with Gasteiger partial charge in [-0.15, -0.1) is 0 Å². The summed E-state index contributed by atoms with van der Waals surface area (Å²) in [6.45, 7) is 2.31. The molecule has 0 saturated carbocycles. The van der Waals surface area contributed by atoms with E-state index in [1.807, 2.05) is 6.07 Å². The fraction of sp³-hybridized carbons (Fsp3) is 0.538. The number of benzene rings is 1. The van der Waals surface area contributed by atoms with Crippen LogP contribution in [0.2, 0.25) is 0 Å². The van der Waals surface area contributed by atoms with Crippen LogP contribution >= 0.6 is 0 Å². The van der Waals surface area contributed by atoms with Crippen LogP contribution in [0.4, 0.5) is 8.78 Å². The maximum absolute atomic E-state index is 14.1. The third-order valence-corrected chi connectivity index (χ3v) is 3.25. The van der Waals surface area contributed by atoms with E-state index in [1.165, 1.54) is 6.07 Å². The highest BCUT2D eigenvalue weighted by Gasteiger charge is 2.48. The highest BCUT2D eigenvalue weighted by atomic mass is 19.3. The Labute approximate surface area is 94.1 Å². The Morgan fingerprint density at radius 2 is 1.88 bits per heavy atom. The zero-order valence-electron chi connectivity index (χ0n) is 9.56. The van der Waals surface area contributed by atoms with E-state index in [1.54, 1.807) is 6.07 Å². The Balaban J connectivity index is 2.53. The summed E-state index contributed by atoms with van der Waals surface area (Å²) in [4.78, 5) is 0. The van der Waals surface area contributed by atoms with E-state index in [9.17, 15) is 13.9 Å². The zero-order valence-corrected chi connectivity index (χ0v) is 9.56. The van der Waals surface area contributed by atoms with Crippen molar-refractivity contribution in [3.63, 3.8) is 0 Å². The minimum Gasteiger partial charge on any atom is -0.384 e. The first kappa shape index (κ1) is 11.5. The molecule has 1 nitrogen and oxygen atoms in total. The first-order chi connectivity index (χ1) is 7.34. The predicted octanol–water partition coefficient (Wildman–Crippen LogP) is 3.04. The van der Waals surface area contributed by atoms with Crippen molar-refractivity contribution in [1.82, 2.24) is 0 Å². The monoisotopic (exact) mass is 226 g/mol. The number of rotatable bonds is 2. The quantitative estimate of drug-likeness (QED) is 0.821. The van der Waals surface area contributed by atoms with Crippen molar-refractivity contribution in [2.24, 2.45) is 0 Å². The van der Waals surface area contributed by atoms with Crippen LogP contribution in [0.25, 0.3) is 0 Å². The van der Waals surface area contributed by atoms with Crippen LogP contribution in [0.15, 0.2) is 18.2 Å². The lowest BCUT2D eigenvalue weighted by molar-refractivity contribution is -0.169. The maximum atomic E-state index is 14.1. The summed E-state index contributed by atoms with van der Waals surface area (Å²) in [5, 5.41) is 9.58. The molecule has 1 N–H and O–H groups in total. The van der Waals surface area contributed by atoms with Crippen molar-refractivity contribution >= 4 is 0 Å². The summed E-state index contributed by atoms with van der Waals surface area (Å²) in [5.74, 6) is -3.19. The van der Waals surface area contributed by atoms with Crippen LogP contribution in [0.3, 0.4) is 0 Å². The first-order valence-electron chi connectivity index (χ1n) is 5.55. The van der Waals surface area contributed by atoms with Crippen molar-refractivity contribution < 1.29 is 13.9 Å². The molecule has 1 aliphatic carbocycles. The molecule has 0 amide bonds. The second kappa shape index (κ2) is 3.52. The minimum absolute atomic E-state index is 0.00463. The summed E-state index contributed by atoms with van der Waals surface area (Å²) in [6.07, 6.45) is 2.48. The fourth-order valence-corrected chi connectivity index (χ4v) is 2.24. The van der Waals surface area contributed by atoms with E-state index in [2.05, 4.69) is 0 Å². The summed E-state index contributed by atoms with van der Waals surface area (Å²) < 4.78 is 28.1. The van der Waals surface area contributed by atoms with Gasteiger partial charge < -0.3 is 5.11 Å². The number of hydrogen-bond donors (Lipinski definition) is 1. The lowest BCUT2D eigenvalue weighted by Crippen LogP contribution is -2.40. The maximum Gasteiger partial charge on any atom is 0.300 e. The molecule has 0 unspecified atom stereocenters. The van der Waals surface area contributed by atoms with Crippen LogP contribution in [0, 0.1) is 0 Å². The standard InChI is InChI=1S/C13H16F2O/c1-12(2,16)13(14,15)11-8-4-6-9-5-3-7-10(9)11/h4,6,8,16H,3,5,7H2,1-2H3. The van der Waals surface area contributed by atoms with Gasteiger partial charge in [0, 0.05) is 5.56 Å². The van der Waals surface area contributed by atoms with Gasteiger partial charge in [-0.25, -0.2) is 0 Å². The summed E-state index contributed by atoms with van der Waals surface area (Å²) in [6, 6.07) is 4.98. The molecule has 0 fully saturated rings. The normalized spacial score (nSPS) is 16.3. The van der Waals surface area contributed by atoms with Crippen LogP contribution in [-0.2, 0) is 18.8 Å². The number of alkyl halides is 2. The average Bonchev–Trinajstić information content (AvgIpc) is 2.62. The molecule has 3 heteroatoms. The van der Waals surface area contributed by atoms with E-state index in [0.29, 0.717) is 6.42 Å². The largest absolute Gasteiger partial charge is 0.384 e. The highest BCUT2D eigenvalue weighted by molar-refractivity contribution is 5.41. The lowest BCUT2D eigenvalue weighted by Gasteiger charge is -2.30. The predicted molar refractivity (Wildman–Crippen MR) is 58.7 cm³/mol. The van der Waals surface area contributed by atoms with Crippen LogP contribution < -0.4 is 0 Å². The van der Waals surface area contributed by atoms with Gasteiger partial charge in [0.25, 0.3) is 0 Å². The molecule has 1 aromatic rings. The second-order valence-electron chi connectivity index (χ2n) is 4.93. The molecule has 1 aromatic carbocycles.